The maximum absolute atomic E-state index is 13.4. The molecule has 0 aliphatic heterocycles. The molecule has 42 heavy (non-hydrogen) atoms. The lowest BCUT2D eigenvalue weighted by atomic mass is 9.85. The van der Waals surface area contributed by atoms with Gasteiger partial charge < -0.3 is 10.1 Å². The van der Waals surface area contributed by atoms with Gasteiger partial charge in [0.2, 0.25) is 0 Å². The average Bonchev–Trinajstić information content (AvgIpc) is 3.59. The molecule has 0 fully saturated rings. The smallest absolute Gasteiger partial charge is 0.320 e. The number of hydrogen-bond acceptors (Lipinski definition) is 5. The number of urea groups is 1. The number of ether oxygens (including phenoxy) is 1. The van der Waals surface area contributed by atoms with E-state index in [9.17, 15) is 4.79 Å². The third-order valence-corrected chi connectivity index (χ3v) is 7.66. The number of fused-ring (bicyclic) bond motifs is 2. The first-order chi connectivity index (χ1) is 20.2. The van der Waals surface area contributed by atoms with Crippen LogP contribution in [0.5, 0.6) is 5.75 Å². The number of para-hydroxylation sites is 1. The highest BCUT2D eigenvalue weighted by atomic mass is 16.5. The Labute approximate surface area is 245 Å². The Morgan fingerprint density at radius 2 is 1.69 bits per heavy atom. The number of benzene rings is 2. The molecule has 2 N–H and O–H groups in total. The maximum atomic E-state index is 13.4. The van der Waals surface area contributed by atoms with Gasteiger partial charge in [-0.25, -0.2) is 9.48 Å². The molecule has 0 bridgehead atoms. The number of nitrogens with zero attached hydrogens (tertiary/aromatic N) is 5. The summed E-state index contributed by atoms with van der Waals surface area (Å²) in [4.78, 5) is 13.4. The minimum absolute atomic E-state index is 0.132. The zero-order chi connectivity index (χ0) is 29.4. The van der Waals surface area contributed by atoms with E-state index in [1.54, 1.807) is 4.68 Å². The fourth-order valence-electron chi connectivity index (χ4n) is 5.45. The monoisotopic (exact) mass is 563 g/mol. The molecule has 0 saturated heterocycles. The summed E-state index contributed by atoms with van der Waals surface area (Å²) < 4.78 is 10.3. The minimum Gasteiger partial charge on any atom is -0.484 e. The Bertz CT molecular complexity index is 1720. The van der Waals surface area contributed by atoms with Crippen molar-refractivity contribution in [3.63, 3.8) is 0 Å². The van der Waals surface area contributed by atoms with Crippen LogP contribution in [0.4, 0.5) is 10.6 Å². The van der Waals surface area contributed by atoms with Gasteiger partial charge in [0.25, 0.3) is 0 Å². The first kappa shape index (κ1) is 27.5. The molecule has 5 aromatic rings. The lowest BCUT2D eigenvalue weighted by Crippen LogP contribution is -2.36. The van der Waals surface area contributed by atoms with Crippen LogP contribution < -0.4 is 15.4 Å². The van der Waals surface area contributed by atoms with Gasteiger partial charge in [0, 0.05) is 17.4 Å². The molecular formula is C33H37N7O2. The first-order valence-electron chi connectivity index (χ1n) is 14.5. The molecule has 3 aromatic heterocycles. The number of hydrogen-bond donors (Lipinski definition) is 2. The summed E-state index contributed by atoms with van der Waals surface area (Å²) in [6.45, 7) is 10.5. The molecule has 0 radical (unpaired) electrons. The van der Waals surface area contributed by atoms with Crippen LogP contribution in [0.3, 0.4) is 0 Å². The molecule has 1 aliphatic rings. The quantitative estimate of drug-likeness (QED) is 0.229. The van der Waals surface area contributed by atoms with Crippen LogP contribution in [0.1, 0.15) is 88.2 Å². The van der Waals surface area contributed by atoms with Gasteiger partial charge in [-0.2, -0.15) is 5.10 Å². The predicted molar refractivity (Wildman–Crippen MR) is 163 cm³/mol. The van der Waals surface area contributed by atoms with Crippen molar-refractivity contribution in [3.8, 4) is 11.4 Å². The van der Waals surface area contributed by atoms with Gasteiger partial charge in [-0.1, -0.05) is 77.1 Å². The second-order valence-electron chi connectivity index (χ2n) is 12.2. The van der Waals surface area contributed by atoms with Gasteiger partial charge in [-0.05, 0) is 48.2 Å². The molecule has 2 atom stereocenters. The highest BCUT2D eigenvalue weighted by Gasteiger charge is 2.30. The number of amides is 2. The normalized spacial score (nSPS) is 16.8. The molecule has 9 heteroatoms. The van der Waals surface area contributed by atoms with Crippen LogP contribution >= 0.6 is 0 Å². The van der Waals surface area contributed by atoms with Gasteiger partial charge in [-0.3, -0.25) is 9.72 Å². The number of pyridine rings is 1. The standard InChI is InChI=1S/C33H37N7O2/c1-21(2)31-37-36-29-18-15-23(20-39(29)31)42-27-17-16-26(24-13-9-10-14-25(24)27)34-32(41)35-30-19-28(33(3,4)5)38-40(30)22-11-7-6-8-12-22/h6-15,18-21,26-27H,16-17H2,1-5H3,(H2,34,35,41)/t26-,27?/m0/s1. The zero-order valence-electron chi connectivity index (χ0n) is 24.7. The summed E-state index contributed by atoms with van der Waals surface area (Å²) in [6, 6.07) is 23.4. The van der Waals surface area contributed by atoms with E-state index in [0.717, 1.165) is 52.6 Å². The van der Waals surface area contributed by atoms with Crippen LogP contribution in [-0.2, 0) is 5.41 Å². The van der Waals surface area contributed by atoms with Crippen molar-refractivity contribution < 1.29 is 9.53 Å². The molecule has 0 spiro atoms. The highest BCUT2D eigenvalue weighted by Crippen LogP contribution is 2.39. The third-order valence-electron chi connectivity index (χ3n) is 7.66. The van der Waals surface area contributed by atoms with Gasteiger partial charge in [0.15, 0.2) is 5.65 Å². The maximum Gasteiger partial charge on any atom is 0.320 e. The van der Waals surface area contributed by atoms with Crippen LogP contribution in [-0.4, -0.2) is 30.4 Å². The fraction of sp³-hybridized carbons (Fsp3) is 0.333. The molecule has 2 amide bonds. The SMILES string of the molecule is CC(C)c1nnc2ccc(OC3CC[C@H](NC(=O)Nc4cc(C(C)(C)C)nn4-c4ccccc4)c4ccccc43)cn12. The minimum atomic E-state index is -0.272. The summed E-state index contributed by atoms with van der Waals surface area (Å²) in [7, 11) is 0. The Kier molecular flexibility index (Phi) is 7.18. The first-order valence-corrected chi connectivity index (χ1v) is 14.5. The van der Waals surface area contributed by atoms with Crippen molar-refractivity contribution >= 4 is 17.5 Å². The zero-order valence-corrected chi connectivity index (χ0v) is 24.7. The Hall–Kier alpha value is -4.66. The predicted octanol–water partition coefficient (Wildman–Crippen LogP) is 7.11. The van der Waals surface area contributed by atoms with Crippen molar-refractivity contribution in [2.24, 2.45) is 0 Å². The van der Waals surface area contributed by atoms with Crippen molar-refractivity contribution in [1.82, 2.24) is 29.7 Å². The summed E-state index contributed by atoms with van der Waals surface area (Å²) >= 11 is 0. The average molecular weight is 564 g/mol. The molecule has 3 heterocycles. The molecule has 2 aromatic carbocycles. The summed E-state index contributed by atoms with van der Waals surface area (Å²) in [6.07, 6.45) is 3.33. The van der Waals surface area contributed by atoms with E-state index >= 15 is 0 Å². The highest BCUT2D eigenvalue weighted by molar-refractivity contribution is 5.89. The largest absolute Gasteiger partial charge is 0.484 e. The second kappa shape index (κ2) is 11.0. The second-order valence-corrected chi connectivity index (χ2v) is 12.2. The van der Waals surface area contributed by atoms with Crippen molar-refractivity contribution in [2.45, 2.75) is 70.9 Å². The number of carbonyl (C=O) groups excluding carboxylic acids is 1. The van der Waals surface area contributed by atoms with Crippen LogP contribution in [0, 0.1) is 0 Å². The molecule has 216 valence electrons. The van der Waals surface area contributed by atoms with E-state index in [-0.39, 0.29) is 29.5 Å². The van der Waals surface area contributed by atoms with Gasteiger partial charge in [0.1, 0.15) is 23.5 Å². The number of nitrogens with one attached hydrogen (secondary N) is 2. The van der Waals surface area contributed by atoms with Crippen LogP contribution in [0.15, 0.2) is 79.0 Å². The fourth-order valence-corrected chi connectivity index (χ4v) is 5.45. The van der Waals surface area contributed by atoms with Crippen molar-refractivity contribution in [3.05, 3.63) is 102 Å². The lowest BCUT2D eigenvalue weighted by Gasteiger charge is -2.32. The molecule has 1 aliphatic carbocycles. The summed E-state index contributed by atoms with van der Waals surface area (Å²) in [5.74, 6) is 2.53. The van der Waals surface area contributed by atoms with E-state index < -0.39 is 0 Å². The Morgan fingerprint density at radius 3 is 2.43 bits per heavy atom. The van der Waals surface area contributed by atoms with E-state index in [1.807, 2.05) is 71.3 Å². The van der Waals surface area contributed by atoms with E-state index in [0.29, 0.717) is 5.82 Å². The Balaban J connectivity index is 1.21. The number of carbonyl (C=O) groups is 1. The topological polar surface area (TPSA) is 98.4 Å². The van der Waals surface area contributed by atoms with Gasteiger partial charge in [0.05, 0.1) is 23.6 Å². The number of anilines is 1. The van der Waals surface area contributed by atoms with E-state index in [1.165, 1.54) is 0 Å². The number of rotatable bonds is 6. The van der Waals surface area contributed by atoms with Crippen LogP contribution in [0.2, 0.25) is 0 Å². The molecule has 1 unspecified atom stereocenters. The van der Waals surface area contributed by atoms with Gasteiger partial charge >= 0.3 is 6.03 Å². The van der Waals surface area contributed by atoms with Gasteiger partial charge in [-0.15, -0.1) is 10.2 Å². The molecule has 0 saturated carbocycles. The van der Waals surface area contributed by atoms with Crippen molar-refractivity contribution in [2.75, 3.05) is 5.32 Å². The molecule has 9 nitrogen and oxygen atoms in total. The van der Waals surface area contributed by atoms with E-state index in [4.69, 9.17) is 9.84 Å². The molecule has 6 rings (SSSR count). The summed E-state index contributed by atoms with van der Waals surface area (Å²) in [5.41, 5.74) is 4.55. The number of aromatic nitrogens is 5. The van der Waals surface area contributed by atoms with E-state index in [2.05, 4.69) is 67.6 Å². The summed E-state index contributed by atoms with van der Waals surface area (Å²) in [5, 5.41) is 19.7. The molecular weight excluding hydrogens is 526 g/mol. The Morgan fingerprint density at radius 1 is 0.952 bits per heavy atom. The lowest BCUT2D eigenvalue weighted by molar-refractivity contribution is 0.171. The third kappa shape index (κ3) is 5.46. The van der Waals surface area contributed by atoms with Crippen LogP contribution in [0.25, 0.3) is 11.3 Å². The van der Waals surface area contributed by atoms with Crippen molar-refractivity contribution in [1.29, 1.82) is 0 Å².